The highest BCUT2D eigenvalue weighted by molar-refractivity contribution is 4.77. The molecule has 0 heterocycles. The second kappa shape index (κ2) is 8.08. The van der Waals surface area contributed by atoms with Crippen LogP contribution in [0.2, 0.25) is 0 Å². The Labute approximate surface area is 102 Å². The first kappa shape index (κ1) is 14.0. The number of likely N-dealkylation sites (N-methyl/N-ethyl adjacent to an activating group) is 1. The lowest BCUT2D eigenvalue weighted by molar-refractivity contribution is 0.173. The lowest BCUT2D eigenvalue weighted by Gasteiger charge is -2.33. The molecule has 2 nitrogen and oxygen atoms in total. The molecule has 0 aromatic heterocycles. The van der Waals surface area contributed by atoms with Crippen molar-refractivity contribution in [2.24, 2.45) is 0 Å². The Kier molecular flexibility index (Phi) is 7.06. The molecule has 1 aliphatic rings. The van der Waals surface area contributed by atoms with Crippen molar-refractivity contribution in [3.05, 3.63) is 0 Å². The molecule has 1 atom stereocenters. The van der Waals surface area contributed by atoms with Crippen LogP contribution in [0.15, 0.2) is 0 Å². The van der Waals surface area contributed by atoms with Crippen LogP contribution in [0, 0.1) is 0 Å². The van der Waals surface area contributed by atoms with Crippen molar-refractivity contribution in [1.29, 1.82) is 0 Å². The lowest BCUT2D eigenvalue weighted by Crippen LogP contribution is -2.44. The van der Waals surface area contributed by atoms with Gasteiger partial charge in [-0.05, 0) is 39.3 Å². The zero-order valence-electron chi connectivity index (χ0n) is 11.5. The van der Waals surface area contributed by atoms with E-state index in [1.807, 2.05) is 0 Å². The molecular formula is C14H30N2. The largest absolute Gasteiger partial charge is 0.313 e. The molecule has 1 rings (SSSR count). The van der Waals surface area contributed by atoms with Gasteiger partial charge in [-0.1, -0.05) is 33.1 Å². The third kappa shape index (κ3) is 4.84. The van der Waals surface area contributed by atoms with Gasteiger partial charge in [0.05, 0.1) is 0 Å². The third-order valence-corrected chi connectivity index (χ3v) is 3.88. The van der Waals surface area contributed by atoms with Crippen LogP contribution in [-0.2, 0) is 0 Å². The highest BCUT2D eigenvalue weighted by Crippen LogP contribution is 2.21. The summed E-state index contributed by atoms with van der Waals surface area (Å²) >= 11 is 0. The van der Waals surface area contributed by atoms with E-state index in [-0.39, 0.29) is 0 Å². The molecule has 0 bridgehead atoms. The summed E-state index contributed by atoms with van der Waals surface area (Å²) in [7, 11) is 2.31. The summed E-state index contributed by atoms with van der Waals surface area (Å²) in [4.78, 5) is 2.59. The lowest BCUT2D eigenvalue weighted by atomic mass is 9.94. The molecule has 1 fully saturated rings. The van der Waals surface area contributed by atoms with E-state index in [2.05, 4.69) is 31.1 Å². The normalized spacial score (nSPS) is 20.2. The fourth-order valence-electron chi connectivity index (χ4n) is 2.70. The average molecular weight is 226 g/mol. The van der Waals surface area contributed by atoms with E-state index in [4.69, 9.17) is 0 Å². The molecule has 0 aromatic carbocycles. The first-order chi connectivity index (χ1) is 7.77. The molecule has 96 valence electrons. The topological polar surface area (TPSA) is 15.3 Å². The van der Waals surface area contributed by atoms with Crippen molar-refractivity contribution in [2.75, 3.05) is 20.1 Å². The summed E-state index contributed by atoms with van der Waals surface area (Å²) in [6.07, 6.45) is 9.65. The zero-order chi connectivity index (χ0) is 11.8. The van der Waals surface area contributed by atoms with Crippen LogP contribution >= 0.6 is 0 Å². The first-order valence-corrected chi connectivity index (χ1v) is 7.21. The molecule has 1 unspecified atom stereocenters. The molecule has 0 aromatic rings. The van der Waals surface area contributed by atoms with Crippen LogP contribution in [0.25, 0.3) is 0 Å². The van der Waals surface area contributed by atoms with Gasteiger partial charge in [0, 0.05) is 18.6 Å². The van der Waals surface area contributed by atoms with E-state index in [1.165, 1.54) is 51.5 Å². The van der Waals surface area contributed by atoms with E-state index < -0.39 is 0 Å². The molecule has 1 N–H and O–H groups in total. The van der Waals surface area contributed by atoms with E-state index in [1.54, 1.807) is 0 Å². The summed E-state index contributed by atoms with van der Waals surface area (Å²) < 4.78 is 0. The third-order valence-electron chi connectivity index (χ3n) is 3.88. The van der Waals surface area contributed by atoms with Gasteiger partial charge in [0.15, 0.2) is 0 Å². The quantitative estimate of drug-likeness (QED) is 0.718. The number of rotatable bonds is 7. The monoisotopic (exact) mass is 226 g/mol. The molecular weight excluding hydrogens is 196 g/mol. The van der Waals surface area contributed by atoms with Gasteiger partial charge in [-0.25, -0.2) is 0 Å². The Hall–Kier alpha value is -0.0800. The van der Waals surface area contributed by atoms with Gasteiger partial charge < -0.3 is 10.2 Å². The van der Waals surface area contributed by atoms with Crippen LogP contribution in [-0.4, -0.2) is 37.1 Å². The zero-order valence-corrected chi connectivity index (χ0v) is 11.5. The Balaban J connectivity index is 2.26. The molecule has 0 amide bonds. The minimum Gasteiger partial charge on any atom is -0.313 e. The molecule has 0 radical (unpaired) electrons. The first-order valence-electron chi connectivity index (χ1n) is 7.21. The number of hydrogen-bond donors (Lipinski definition) is 1. The highest BCUT2D eigenvalue weighted by atomic mass is 15.2. The van der Waals surface area contributed by atoms with Crippen molar-refractivity contribution in [1.82, 2.24) is 10.2 Å². The van der Waals surface area contributed by atoms with E-state index in [0.717, 1.165) is 12.6 Å². The standard InChI is InChI=1S/C14H30N2/c1-4-11-15-13(5-2)12-16(3)14-9-7-6-8-10-14/h13-15H,4-12H2,1-3H3. The highest BCUT2D eigenvalue weighted by Gasteiger charge is 2.19. The molecule has 0 aliphatic heterocycles. The van der Waals surface area contributed by atoms with Gasteiger partial charge >= 0.3 is 0 Å². The maximum atomic E-state index is 3.65. The summed E-state index contributed by atoms with van der Waals surface area (Å²) in [5.74, 6) is 0. The van der Waals surface area contributed by atoms with Gasteiger partial charge in [0.2, 0.25) is 0 Å². The van der Waals surface area contributed by atoms with Crippen molar-refractivity contribution < 1.29 is 0 Å². The Morgan fingerprint density at radius 2 is 1.88 bits per heavy atom. The van der Waals surface area contributed by atoms with Crippen molar-refractivity contribution in [3.63, 3.8) is 0 Å². The van der Waals surface area contributed by atoms with Crippen molar-refractivity contribution in [2.45, 2.75) is 70.9 Å². The van der Waals surface area contributed by atoms with E-state index >= 15 is 0 Å². The fourth-order valence-corrected chi connectivity index (χ4v) is 2.70. The summed E-state index contributed by atoms with van der Waals surface area (Å²) in [6, 6.07) is 1.54. The van der Waals surface area contributed by atoms with E-state index in [9.17, 15) is 0 Å². The van der Waals surface area contributed by atoms with Crippen LogP contribution in [0.3, 0.4) is 0 Å². The smallest absolute Gasteiger partial charge is 0.0192 e. The number of hydrogen-bond acceptors (Lipinski definition) is 2. The second-order valence-corrected chi connectivity index (χ2v) is 5.29. The molecule has 1 saturated carbocycles. The maximum Gasteiger partial charge on any atom is 0.0192 e. The Bertz CT molecular complexity index is 164. The van der Waals surface area contributed by atoms with Crippen molar-refractivity contribution >= 4 is 0 Å². The predicted molar refractivity (Wildman–Crippen MR) is 71.9 cm³/mol. The van der Waals surface area contributed by atoms with Gasteiger partial charge in [-0.3, -0.25) is 0 Å². The Morgan fingerprint density at radius 3 is 2.44 bits per heavy atom. The molecule has 0 saturated heterocycles. The number of nitrogens with zero attached hydrogens (tertiary/aromatic N) is 1. The Morgan fingerprint density at radius 1 is 1.19 bits per heavy atom. The van der Waals surface area contributed by atoms with Crippen LogP contribution in [0.5, 0.6) is 0 Å². The second-order valence-electron chi connectivity index (χ2n) is 5.29. The summed E-state index contributed by atoms with van der Waals surface area (Å²) in [6.45, 7) is 6.92. The molecule has 2 heteroatoms. The minimum absolute atomic E-state index is 0.687. The van der Waals surface area contributed by atoms with Gasteiger partial charge in [-0.2, -0.15) is 0 Å². The van der Waals surface area contributed by atoms with Crippen LogP contribution < -0.4 is 5.32 Å². The minimum atomic E-state index is 0.687. The maximum absolute atomic E-state index is 3.65. The molecule has 16 heavy (non-hydrogen) atoms. The SMILES string of the molecule is CCCNC(CC)CN(C)C1CCCCC1. The molecule has 0 spiro atoms. The predicted octanol–water partition coefficient (Wildman–Crippen LogP) is 3.03. The average Bonchev–Trinajstić information content (AvgIpc) is 2.35. The summed E-state index contributed by atoms with van der Waals surface area (Å²) in [5.41, 5.74) is 0. The van der Waals surface area contributed by atoms with Crippen LogP contribution in [0.4, 0.5) is 0 Å². The van der Waals surface area contributed by atoms with Gasteiger partial charge in [-0.15, -0.1) is 0 Å². The van der Waals surface area contributed by atoms with E-state index in [0.29, 0.717) is 6.04 Å². The molecule has 1 aliphatic carbocycles. The van der Waals surface area contributed by atoms with Crippen LogP contribution in [0.1, 0.15) is 58.8 Å². The van der Waals surface area contributed by atoms with Crippen molar-refractivity contribution in [3.8, 4) is 0 Å². The fraction of sp³-hybridized carbons (Fsp3) is 1.00. The van der Waals surface area contributed by atoms with Gasteiger partial charge in [0.25, 0.3) is 0 Å². The number of nitrogens with one attached hydrogen (secondary N) is 1. The van der Waals surface area contributed by atoms with Gasteiger partial charge in [0.1, 0.15) is 0 Å². The summed E-state index contributed by atoms with van der Waals surface area (Å²) in [5, 5.41) is 3.65.